The average Bonchev–Trinajstić information content (AvgIpc) is 2.41. The number of hydrogen-bond acceptors (Lipinski definition) is 3. The summed E-state index contributed by atoms with van der Waals surface area (Å²) in [5.74, 6) is 0. The Bertz CT molecular complexity index is 522. The molecule has 1 rings (SSSR count). The average molecular weight is 357 g/mol. The number of nitrogens with zero attached hydrogens (tertiary/aromatic N) is 1. The summed E-state index contributed by atoms with van der Waals surface area (Å²) in [6, 6.07) is 5.61. The predicted molar refractivity (Wildman–Crippen MR) is 101 cm³/mol. The van der Waals surface area contributed by atoms with Crippen LogP contribution >= 0.6 is 0 Å². The number of rotatable bonds is 6. The van der Waals surface area contributed by atoms with E-state index in [0.29, 0.717) is 6.61 Å². The van der Waals surface area contributed by atoms with Gasteiger partial charge in [0.25, 0.3) is 0 Å². The van der Waals surface area contributed by atoms with Gasteiger partial charge in [-0.3, -0.25) is 4.98 Å². The minimum atomic E-state index is -1.86. The fraction of sp³-hybridized carbons (Fsp3) is 0.706. The standard InChI is InChI=1S/C17H32N2O2SSi/c1-16(2,3)22(20)19-15(14-11-9-10-12-18-14)13-21-23(7,8)17(4,5)6/h9-12,15,19H,13H2,1-8H3/t15-,22?/m1/s1. The van der Waals surface area contributed by atoms with Gasteiger partial charge in [-0.25, -0.2) is 8.93 Å². The number of hydrogen-bond donors (Lipinski definition) is 1. The molecule has 1 unspecified atom stereocenters. The molecule has 0 spiro atoms. The monoisotopic (exact) mass is 356 g/mol. The lowest BCUT2D eigenvalue weighted by Crippen LogP contribution is -2.44. The summed E-state index contributed by atoms with van der Waals surface area (Å²) in [7, 11) is -3.04. The third kappa shape index (κ3) is 6.10. The Balaban J connectivity index is 2.92. The van der Waals surface area contributed by atoms with E-state index in [1.165, 1.54) is 0 Å². The highest BCUT2D eigenvalue weighted by Crippen LogP contribution is 2.37. The van der Waals surface area contributed by atoms with Crippen LogP contribution in [-0.2, 0) is 15.4 Å². The van der Waals surface area contributed by atoms with Crippen molar-refractivity contribution >= 4 is 19.3 Å². The van der Waals surface area contributed by atoms with Gasteiger partial charge in [0.15, 0.2) is 8.32 Å². The molecule has 0 aliphatic heterocycles. The normalized spacial score (nSPS) is 16.2. The van der Waals surface area contributed by atoms with Gasteiger partial charge >= 0.3 is 0 Å². The molecular weight excluding hydrogens is 324 g/mol. The Morgan fingerprint density at radius 1 is 1.22 bits per heavy atom. The minimum Gasteiger partial charge on any atom is -0.415 e. The van der Waals surface area contributed by atoms with Crippen LogP contribution in [0.5, 0.6) is 0 Å². The highest BCUT2D eigenvalue weighted by Gasteiger charge is 2.38. The molecule has 0 bridgehead atoms. The molecule has 1 aromatic heterocycles. The lowest BCUT2D eigenvalue weighted by atomic mass is 10.2. The molecule has 1 heterocycles. The van der Waals surface area contributed by atoms with Gasteiger partial charge < -0.3 is 4.43 Å². The van der Waals surface area contributed by atoms with E-state index in [0.717, 1.165) is 5.69 Å². The highest BCUT2D eigenvalue weighted by molar-refractivity contribution is 7.84. The van der Waals surface area contributed by atoms with Crippen LogP contribution in [0.3, 0.4) is 0 Å². The molecule has 2 atom stereocenters. The van der Waals surface area contributed by atoms with Crippen molar-refractivity contribution in [2.75, 3.05) is 6.61 Å². The first-order valence-electron chi connectivity index (χ1n) is 8.07. The van der Waals surface area contributed by atoms with Crippen LogP contribution in [-0.4, -0.2) is 28.9 Å². The Labute approximate surface area is 145 Å². The number of pyridine rings is 1. The molecular formula is C17H32N2O2SSi. The Kier molecular flexibility index (Phi) is 6.72. The third-order valence-electron chi connectivity index (χ3n) is 4.27. The van der Waals surface area contributed by atoms with E-state index in [1.54, 1.807) is 6.20 Å². The van der Waals surface area contributed by atoms with E-state index in [2.05, 4.69) is 43.6 Å². The molecule has 0 aliphatic carbocycles. The second-order valence-electron chi connectivity index (χ2n) is 8.38. The van der Waals surface area contributed by atoms with Crippen molar-refractivity contribution in [3.8, 4) is 0 Å². The van der Waals surface area contributed by atoms with Gasteiger partial charge in [-0.1, -0.05) is 26.8 Å². The third-order valence-corrected chi connectivity index (χ3v) is 10.4. The Morgan fingerprint density at radius 2 is 1.83 bits per heavy atom. The molecule has 0 radical (unpaired) electrons. The van der Waals surface area contributed by atoms with Crippen molar-refractivity contribution in [1.29, 1.82) is 0 Å². The van der Waals surface area contributed by atoms with Crippen LogP contribution in [0.25, 0.3) is 0 Å². The maximum Gasteiger partial charge on any atom is 0.192 e. The zero-order chi connectivity index (χ0) is 17.9. The first-order valence-corrected chi connectivity index (χ1v) is 12.1. The molecule has 6 heteroatoms. The van der Waals surface area contributed by atoms with Crippen LogP contribution in [0.2, 0.25) is 18.1 Å². The number of nitrogens with one attached hydrogen (secondary N) is 1. The van der Waals surface area contributed by atoms with Crippen molar-refractivity contribution in [2.45, 2.75) is 70.5 Å². The fourth-order valence-corrected chi connectivity index (χ4v) is 3.39. The molecule has 0 aliphatic rings. The van der Waals surface area contributed by atoms with E-state index in [-0.39, 0.29) is 15.8 Å². The first-order chi connectivity index (χ1) is 10.3. The van der Waals surface area contributed by atoms with Gasteiger partial charge in [0.05, 0.1) is 34.1 Å². The van der Waals surface area contributed by atoms with Crippen LogP contribution in [0, 0.1) is 0 Å². The maximum absolute atomic E-state index is 12.5. The van der Waals surface area contributed by atoms with Gasteiger partial charge in [0, 0.05) is 6.20 Å². The summed E-state index contributed by atoms with van der Waals surface area (Å²) >= 11 is 0. The SMILES string of the molecule is CC(C)(C)S(=O)N[C@H](CO[Si](C)(C)C(C)(C)C)c1ccccn1. The van der Waals surface area contributed by atoms with Gasteiger partial charge in [-0.05, 0) is 51.0 Å². The quantitative estimate of drug-likeness (QED) is 0.777. The second-order valence-corrected chi connectivity index (χ2v) is 15.2. The molecule has 1 N–H and O–H groups in total. The molecule has 23 heavy (non-hydrogen) atoms. The van der Waals surface area contributed by atoms with Crippen LogP contribution < -0.4 is 4.72 Å². The predicted octanol–water partition coefficient (Wildman–Crippen LogP) is 4.20. The molecule has 0 aromatic carbocycles. The summed E-state index contributed by atoms with van der Waals surface area (Å²) in [5, 5.41) is 0.144. The topological polar surface area (TPSA) is 51.2 Å². The zero-order valence-corrected chi connectivity index (χ0v) is 17.6. The number of aromatic nitrogens is 1. The zero-order valence-electron chi connectivity index (χ0n) is 15.8. The smallest absolute Gasteiger partial charge is 0.192 e. The molecule has 0 amide bonds. The minimum absolute atomic E-state index is 0.144. The van der Waals surface area contributed by atoms with Crippen molar-refractivity contribution in [2.24, 2.45) is 0 Å². The molecule has 0 saturated heterocycles. The van der Waals surface area contributed by atoms with Gasteiger partial charge in [-0.2, -0.15) is 0 Å². The van der Waals surface area contributed by atoms with Crippen molar-refractivity contribution in [3.63, 3.8) is 0 Å². The summed E-state index contributed by atoms with van der Waals surface area (Å²) in [5.41, 5.74) is 0.865. The summed E-state index contributed by atoms with van der Waals surface area (Å²) in [4.78, 5) is 4.42. The summed E-state index contributed by atoms with van der Waals surface area (Å²) in [6.45, 7) is 17.5. The molecule has 132 valence electrons. The van der Waals surface area contributed by atoms with E-state index < -0.39 is 19.3 Å². The van der Waals surface area contributed by atoms with E-state index >= 15 is 0 Å². The van der Waals surface area contributed by atoms with Crippen LogP contribution in [0.1, 0.15) is 53.3 Å². The Morgan fingerprint density at radius 3 is 2.26 bits per heavy atom. The maximum atomic E-state index is 12.5. The lowest BCUT2D eigenvalue weighted by Gasteiger charge is -2.37. The molecule has 1 aromatic rings. The lowest BCUT2D eigenvalue weighted by molar-refractivity contribution is 0.255. The first kappa shape index (κ1) is 20.5. The van der Waals surface area contributed by atoms with Crippen LogP contribution in [0.15, 0.2) is 24.4 Å². The van der Waals surface area contributed by atoms with E-state index in [9.17, 15) is 4.21 Å². The van der Waals surface area contributed by atoms with Crippen LogP contribution in [0.4, 0.5) is 0 Å². The molecule has 0 saturated carbocycles. The van der Waals surface area contributed by atoms with Crippen molar-refractivity contribution in [1.82, 2.24) is 9.71 Å². The Hall–Kier alpha value is -0.563. The van der Waals surface area contributed by atoms with E-state index in [1.807, 2.05) is 39.0 Å². The second kappa shape index (κ2) is 7.55. The van der Waals surface area contributed by atoms with Gasteiger partial charge in [0.1, 0.15) is 0 Å². The van der Waals surface area contributed by atoms with E-state index in [4.69, 9.17) is 4.43 Å². The summed E-state index contributed by atoms with van der Waals surface area (Å²) in [6.07, 6.45) is 1.76. The van der Waals surface area contributed by atoms with Gasteiger partial charge in [-0.15, -0.1) is 0 Å². The summed E-state index contributed by atoms with van der Waals surface area (Å²) < 4.78 is 21.7. The van der Waals surface area contributed by atoms with Crippen molar-refractivity contribution < 1.29 is 8.63 Å². The molecule has 4 nitrogen and oxygen atoms in total. The van der Waals surface area contributed by atoms with Gasteiger partial charge in [0.2, 0.25) is 0 Å². The largest absolute Gasteiger partial charge is 0.415 e. The highest BCUT2D eigenvalue weighted by atomic mass is 32.2. The molecule has 0 fully saturated rings. The van der Waals surface area contributed by atoms with Crippen molar-refractivity contribution in [3.05, 3.63) is 30.1 Å². The fourth-order valence-electron chi connectivity index (χ4n) is 1.58.